The van der Waals surface area contributed by atoms with E-state index in [-0.39, 0.29) is 5.65 Å². The van der Waals surface area contributed by atoms with Gasteiger partial charge in [-0.3, -0.25) is 0 Å². The van der Waals surface area contributed by atoms with E-state index < -0.39 is 11.9 Å². The summed E-state index contributed by atoms with van der Waals surface area (Å²) in [5.41, 5.74) is 0.607. The molecule has 4 nitrogen and oxygen atoms in total. The molecule has 0 saturated carbocycles. The van der Waals surface area contributed by atoms with Crippen molar-refractivity contribution in [3.63, 3.8) is 0 Å². The molecule has 0 aromatic carbocycles. The zero-order valence-electron chi connectivity index (χ0n) is 8.61. The Morgan fingerprint density at radius 3 is 3.06 bits per heavy atom. The second kappa shape index (κ2) is 4.22. The fraction of sp³-hybridized carbons (Fsp3) is 0.182. The van der Waals surface area contributed by atoms with Crippen LogP contribution in [0.5, 0.6) is 0 Å². The zero-order valence-corrected chi connectivity index (χ0v) is 8.61. The molecule has 0 radical (unpaired) electrons. The van der Waals surface area contributed by atoms with Crippen LogP contribution in [0.2, 0.25) is 0 Å². The van der Waals surface area contributed by atoms with Crippen molar-refractivity contribution in [2.45, 2.75) is 6.92 Å². The first kappa shape index (κ1) is 10.5. The molecule has 0 amide bonds. The fourth-order valence-corrected chi connectivity index (χ4v) is 1.31. The van der Waals surface area contributed by atoms with E-state index in [4.69, 9.17) is 4.74 Å². The largest absolute Gasteiger partial charge is 0.462 e. The zero-order chi connectivity index (χ0) is 11.5. The summed E-state index contributed by atoms with van der Waals surface area (Å²) in [6.07, 6.45) is 1.33. The Bertz CT molecular complexity index is 542. The molecule has 0 spiro atoms. The van der Waals surface area contributed by atoms with Gasteiger partial charge < -0.3 is 4.74 Å². The van der Waals surface area contributed by atoms with Gasteiger partial charge in [-0.2, -0.15) is 9.37 Å². The van der Waals surface area contributed by atoms with Crippen molar-refractivity contribution in [2.24, 2.45) is 0 Å². The van der Waals surface area contributed by atoms with Crippen LogP contribution in [0, 0.1) is 5.95 Å². The van der Waals surface area contributed by atoms with E-state index >= 15 is 0 Å². The van der Waals surface area contributed by atoms with Crippen LogP contribution < -0.4 is 0 Å². The molecule has 2 heterocycles. The van der Waals surface area contributed by atoms with Crippen LogP contribution in [-0.4, -0.2) is 22.5 Å². The fourth-order valence-electron chi connectivity index (χ4n) is 1.31. The molecule has 16 heavy (non-hydrogen) atoms. The van der Waals surface area contributed by atoms with Crippen molar-refractivity contribution in [3.8, 4) is 0 Å². The van der Waals surface area contributed by atoms with Gasteiger partial charge >= 0.3 is 5.97 Å². The molecule has 0 atom stereocenters. The van der Waals surface area contributed by atoms with Crippen molar-refractivity contribution in [3.05, 3.63) is 35.9 Å². The van der Waals surface area contributed by atoms with Gasteiger partial charge in [0.15, 0.2) is 5.65 Å². The van der Waals surface area contributed by atoms with Crippen LogP contribution in [-0.2, 0) is 4.74 Å². The lowest BCUT2D eigenvalue weighted by Gasteiger charge is -2.02. The monoisotopic (exact) mass is 220 g/mol. The number of nitrogens with zero attached hydrogens (tertiary/aromatic N) is 2. The van der Waals surface area contributed by atoms with Crippen molar-refractivity contribution < 1.29 is 13.9 Å². The third-order valence-corrected chi connectivity index (χ3v) is 2.02. The molecule has 0 aliphatic heterocycles. The smallest absolute Gasteiger partial charge is 0.339 e. The summed E-state index contributed by atoms with van der Waals surface area (Å²) in [7, 11) is 0. The highest BCUT2D eigenvalue weighted by Crippen LogP contribution is 2.12. The number of pyridine rings is 2. The molecular formula is C11H9FN2O2. The van der Waals surface area contributed by atoms with Crippen LogP contribution in [0.4, 0.5) is 4.39 Å². The Morgan fingerprint density at radius 1 is 1.50 bits per heavy atom. The predicted octanol–water partition coefficient (Wildman–Crippen LogP) is 1.95. The maximum Gasteiger partial charge on any atom is 0.339 e. The Balaban J connectivity index is 2.44. The van der Waals surface area contributed by atoms with E-state index in [1.807, 2.05) is 0 Å². The highest BCUT2D eigenvalue weighted by atomic mass is 19.1. The van der Waals surface area contributed by atoms with Gasteiger partial charge in [0.25, 0.3) is 0 Å². The summed E-state index contributed by atoms with van der Waals surface area (Å²) < 4.78 is 17.6. The van der Waals surface area contributed by atoms with E-state index in [0.29, 0.717) is 17.6 Å². The first-order valence-corrected chi connectivity index (χ1v) is 4.80. The average Bonchev–Trinajstić information content (AvgIpc) is 2.28. The Kier molecular flexibility index (Phi) is 2.76. The minimum Gasteiger partial charge on any atom is -0.462 e. The number of esters is 1. The normalized spacial score (nSPS) is 10.4. The molecule has 0 aliphatic carbocycles. The van der Waals surface area contributed by atoms with Crippen molar-refractivity contribution in [2.75, 3.05) is 6.61 Å². The molecule has 0 N–H and O–H groups in total. The number of ether oxygens (including phenoxy) is 1. The molecule has 0 aliphatic rings. The summed E-state index contributed by atoms with van der Waals surface area (Å²) in [6.45, 7) is 2.03. The molecule has 0 bridgehead atoms. The van der Waals surface area contributed by atoms with Gasteiger partial charge in [0.05, 0.1) is 12.2 Å². The third-order valence-electron chi connectivity index (χ3n) is 2.02. The maximum atomic E-state index is 12.8. The molecular weight excluding hydrogens is 211 g/mol. The molecule has 5 heteroatoms. The number of halogens is 1. The molecule has 0 saturated heterocycles. The summed E-state index contributed by atoms with van der Waals surface area (Å²) in [5.74, 6) is -1.04. The first-order chi connectivity index (χ1) is 7.70. The topological polar surface area (TPSA) is 52.1 Å². The second-order valence-electron chi connectivity index (χ2n) is 3.13. The molecule has 0 unspecified atom stereocenters. The van der Waals surface area contributed by atoms with Crippen molar-refractivity contribution >= 4 is 17.0 Å². The quantitative estimate of drug-likeness (QED) is 0.573. The van der Waals surface area contributed by atoms with Gasteiger partial charge in [0.2, 0.25) is 5.95 Å². The lowest BCUT2D eigenvalue weighted by atomic mass is 10.2. The standard InChI is InChI=1S/C11H9FN2O2/c1-2-16-11(15)8-5-7-3-4-9(12)14-10(7)13-6-8/h3-6H,2H2,1H3. The number of aromatic nitrogens is 2. The molecule has 0 fully saturated rings. The first-order valence-electron chi connectivity index (χ1n) is 4.80. The van der Waals surface area contributed by atoms with E-state index in [1.165, 1.54) is 18.3 Å². The van der Waals surface area contributed by atoms with Crippen LogP contribution >= 0.6 is 0 Å². The van der Waals surface area contributed by atoms with E-state index in [0.717, 1.165) is 0 Å². The minimum atomic E-state index is -0.594. The van der Waals surface area contributed by atoms with Crippen LogP contribution in [0.1, 0.15) is 17.3 Å². The van der Waals surface area contributed by atoms with Gasteiger partial charge in [-0.05, 0) is 25.1 Å². The van der Waals surface area contributed by atoms with Crippen molar-refractivity contribution in [1.29, 1.82) is 0 Å². The summed E-state index contributed by atoms with van der Waals surface area (Å²) in [4.78, 5) is 18.9. The average molecular weight is 220 g/mol. The van der Waals surface area contributed by atoms with E-state index in [2.05, 4.69) is 9.97 Å². The molecule has 2 rings (SSSR count). The lowest BCUT2D eigenvalue weighted by Crippen LogP contribution is -2.05. The number of hydrogen-bond acceptors (Lipinski definition) is 4. The Hall–Kier alpha value is -2.04. The molecule has 2 aromatic rings. The second-order valence-corrected chi connectivity index (χ2v) is 3.13. The van der Waals surface area contributed by atoms with E-state index in [1.54, 1.807) is 13.0 Å². The van der Waals surface area contributed by atoms with Crippen LogP contribution in [0.3, 0.4) is 0 Å². The van der Waals surface area contributed by atoms with E-state index in [9.17, 15) is 9.18 Å². The highest BCUT2D eigenvalue weighted by Gasteiger charge is 2.08. The maximum absolute atomic E-state index is 12.8. The van der Waals surface area contributed by atoms with Gasteiger partial charge in [-0.25, -0.2) is 9.78 Å². The van der Waals surface area contributed by atoms with Gasteiger partial charge in [-0.1, -0.05) is 0 Å². The number of carbonyl (C=O) groups is 1. The van der Waals surface area contributed by atoms with Gasteiger partial charge in [-0.15, -0.1) is 0 Å². The number of hydrogen-bond donors (Lipinski definition) is 0. The van der Waals surface area contributed by atoms with Gasteiger partial charge in [0, 0.05) is 11.6 Å². The molecule has 82 valence electrons. The van der Waals surface area contributed by atoms with Crippen molar-refractivity contribution in [1.82, 2.24) is 9.97 Å². The number of rotatable bonds is 2. The van der Waals surface area contributed by atoms with Crippen LogP contribution in [0.15, 0.2) is 24.4 Å². The van der Waals surface area contributed by atoms with Gasteiger partial charge in [0.1, 0.15) is 0 Å². The van der Waals surface area contributed by atoms with Crippen LogP contribution in [0.25, 0.3) is 11.0 Å². The summed E-state index contributed by atoms with van der Waals surface area (Å²) in [6, 6.07) is 4.32. The number of carbonyl (C=O) groups excluding carboxylic acids is 1. The molecule has 2 aromatic heterocycles. The Morgan fingerprint density at radius 2 is 2.31 bits per heavy atom. The third kappa shape index (κ3) is 1.98. The minimum absolute atomic E-state index is 0.271. The summed E-state index contributed by atoms with van der Waals surface area (Å²) in [5, 5.41) is 0.604. The highest BCUT2D eigenvalue weighted by molar-refractivity contribution is 5.92. The SMILES string of the molecule is CCOC(=O)c1cnc2nc(F)ccc2c1. The lowest BCUT2D eigenvalue weighted by molar-refractivity contribution is 0.0526. The Labute approximate surface area is 91.1 Å². The summed E-state index contributed by atoms with van der Waals surface area (Å²) >= 11 is 0. The number of fused-ring (bicyclic) bond motifs is 1. The predicted molar refractivity (Wildman–Crippen MR) is 55.5 cm³/mol.